The predicted octanol–water partition coefficient (Wildman–Crippen LogP) is 0.968. The van der Waals surface area contributed by atoms with Gasteiger partial charge in [0.15, 0.2) is 0 Å². The Labute approximate surface area is 131 Å². The van der Waals surface area contributed by atoms with Gasteiger partial charge in [-0.1, -0.05) is 24.3 Å². The average Bonchev–Trinajstić information content (AvgIpc) is 2.95. The molecule has 4 N–H and O–H groups in total. The van der Waals surface area contributed by atoms with E-state index in [4.69, 9.17) is 4.84 Å². The molecule has 0 amide bonds. The highest BCUT2D eigenvalue weighted by molar-refractivity contribution is 5.25. The lowest BCUT2D eigenvalue weighted by Gasteiger charge is -2.30. The number of benzene rings is 1. The first kappa shape index (κ1) is 15.5. The Kier molecular flexibility index (Phi) is 4.75. The summed E-state index contributed by atoms with van der Waals surface area (Å²) in [5, 5.41) is 10.3. The van der Waals surface area contributed by atoms with Crippen molar-refractivity contribution in [2.75, 3.05) is 13.7 Å². The van der Waals surface area contributed by atoms with Crippen molar-refractivity contribution < 1.29 is 4.84 Å². The van der Waals surface area contributed by atoms with E-state index in [1.165, 1.54) is 16.8 Å². The van der Waals surface area contributed by atoms with Crippen molar-refractivity contribution >= 4 is 0 Å². The van der Waals surface area contributed by atoms with Gasteiger partial charge in [-0.05, 0) is 31.1 Å². The second-order valence-corrected chi connectivity index (χ2v) is 5.95. The summed E-state index contributed by atoms with van der Waals surface area (Å²) in [4.78, 5) is 7.50. The first-order valence-electron chi connectivity index (χ1n) is 7.74. The maximum atomic E-state index is 5.30. The third kappa shape index (κ3) is 3.66. The molecule has 120 valence electrons. The van der Waals surface area contributed by atoms with Gasteiger partial charge in [0.2, 0.25) is 0 Å². The molecule has 22 heavy (non-hydrogen) atoms. The van der Waals surface area contributed by atoms with Gasteiger partial charge in [-0.25, -0.2) is 0 Å². The zero-order chi connectivity index (χ0) is 15.5. The Balaban J connectivity index is 1.53. The summed E-state index contributed by atoms with van der Waals surface area (Å²) < 4.78 is 0. The van der Waals surface area contributed by atoms with Crippen molar-refractivity contribution in [2.24, 2.45) is 0 Å². The molecule has 6 heteroatoms. The molecule has 3 atom stereocenters. The second-order valence-electron chi connectivity index (χ2n) is 5.95. The lowest BCUT2D eigenvalue weighted by Crippen LogP contribution is -2.48. The molecule has 3 rings (SSSR count). The van der Waals surface area contributed by atoms with Crippen molar-refractivity contribution in [3.8, 4) is 0 Å². The van der Waals surface area contributed by atoms with E-state index in [1.807, 2.05) is 6.92 Å². The molecular weight excluding hydrogens is 278 g/mol. The summed E-state index contributed by atoms with van der Waals surface area (Å²) >= 11 is 0. The van der Waals surface area contributed by atoms with Crippen LogP contribution in [0.3, 0.4) is 0 Å². The topological polar surface area (TPSA) is 60.6 Å². The van der Waals surface area contributed by atoms with Crippen LogP contribution >= 0.6 is 0 Å². The minimum atomic E-state index is 0.0388. The van der Waals surface area contributed by atoms with E-state index in [2.05, 4.69) is 70.6 Å². The first-order chi connectivity index (χ1) is 10.6. The highest BCUT2D eigenvalue weighted by Gasteiger charge is 2.21. The molecule has 6 nitrogen and oxygen atoms in total. The average molecular weight is 303 g/mol. The van der Waals surface area contributed by atoms with E-state index in [0.29, 0.717) is 0 Å². The molecule has 1 aromatic carbocycles. The Bertz CT molecular complexity index is 530. The van der Waals surface area contributed by atoms with E-state index < -0.39 is 0 Å². The molecule has 0 spiro atoms. The van der Waals surface area contributed by atoms with Crippen LogP contribution in [0.2, 0.25) is 0 Å². The minimum Gasteiger partial charge on any atom is -0.365 e. The van der Waals surface area contributed by atoms with Gasteiger partial charge in [-0.2, -0.15) is 5.48 Å². The van der Waals surface area contributed by atoms with Gasteiger partial charge >= 0.3 is 0 Å². The Morgan fingerprint density at radius 2 is 2.09 bits per heavy atom. The van der Waals surface area contributed by atoms with Gasteiger partial charge in [-0.3, -0.25) is 20.8 Å². The van der Waals surface area contributed by atoms with Crippen molar-refractivity contribution in [3.05, 3.63) is 47.2 Å². The predicted molar refractivity (Wildman–Crippen MR) is 86.2 cm³/mol. The molecule has 0 aromatic heterocycles. The van der Waals surface area contributed by atoms with Crippen LogP contribution in [-0.4, -0.2) is 31.0 Å². The lowest BCUT2D eigenvalue weighted by molar-refractivity contribution is 0.0329. The molecule has 2 aliphatic heterocycles. The van der Waals surface area contributed by atoms with E-state index in [9.17, 15) is 0 Å². The number of hydrogen-bond donors (Lipinski definition) is 4. The van der Waals surface area contributed by atoms with Crippen molar-refractivity contribution in [1.29, 1.82) is 0 Å². The van der Waals surface area contributed by atoms with Crippen LogP contribution in [0, 0.1) is 0 Å². The summed E-state index contributed by atoms with van der Waals surface area (Å²) in [6.45, 7) is 5.82. The lowest BCUT2D eigenvalue weighted by atomic mass is 10.1. The molecule has 0 radical (unpaired) electrons. The van der Waals surface area contributed by atoms with Gasteiger partial charge in [0, 0.05) is 19.3 Å². The summed E-state index contributed by atoms with van der Waals surface area (Å²) in [6, 6.07) is 8.57. The SMILES string of the molecule is CC1=CC(NCc2ccc(C3NOC(C)N3)cc2)NCN1C. The molecular formula is C16H25N5O. The van der Waals surface area contributed by atoms with E-state index >= 15 is 0 Å². The standard InChI is InChI=1S/C16H25N5O/c1-11-8-15(18-10-21(11)3)17-9-13-4-6-14(7-5-13)16-19-12(2)22-20-16/h4-8,12,15-20H,9-10H2,1-3H3. The van der Waals surface area contributed by atoms with E-state index in [-0.39, 0.29) is 18.6 Å². The number of hydroxylamine groups is 1. The van der Waals surface area contributed by atoms with Gasteiger partial charge in [-0.15, -0.1) is 0 Å². The number of nitrogens with zero attached hydrogens (tertiary/aromatic N) is 1. The smallest absolute Gasteiger partial charge is 0.128 e. The van der Waals surface area contributed by atoms with Crippen LogP contribution < -0.4 is 21.4 Å². The highest BCUT2D eigenvalue weighted by atomic mass is 16.7. The minimum absolute atomic E-state index is 0.0388. The maximum absolute atomic E-state index is 5.30. The zero-order valence-electron chi connectivity index (χ0n) is 13.4. The van der Waals surface area contributed by atoms with Crippen molar-refractivity contribution in [3.63, 3.8) is 0 Å². The fraction of sp³-hybridized carbons (Fsp3) is 0.500. The number of rotatable bonds is 4. The number of allylic oxidation sites excluding steroid dienone is 1. The van der Waals surface area contributed by atoms with Gasteiger partial charge in [0.25, 0.3) is 0 Å². The molecule has 0 aliphatic carbocycles. The monoisotopic (exact) mass is 303 g/mol. The quantitative estimate of drug-likeness (QED) is 0.665. The van der Waals surface area contributed by atoms with Gasteiger partial charge in [0.05, 0.1) is 12.8 Å². The molecule has 2 aliphatic rings. The Morgan fingerprint density at radius 3 is 2.73 bits per heavy atom. The zero-order valence-corrected chi connectivity index (χ0v) is 13.4. The van der Waals surface area contributed by atoms with Crippen LogP contribution in [0.15, 0.2) is 36.0 Å². The molecule has 1 aromatic rings. The number of nitrogens with one attached hydrogen (secondary N) is 4. The first-order valence-corrected chi connectivity index (χ1v) is 7.74. The fourth-order valence-electron chi connectivity index (χ4n) is 2.61. The summed E-state index contributed by atoms with van der Waals surface area (Å²) in [7, 11) is 2.09. The molecule has 0 bridgehead atoms. The largest absolute Gasteiger partial charge is 0.365 e. The molecule has 2 heterocycles. The summed E-state index contributed by atoms with van der Waals surface area (Å²) in [5.74, 6) is 0. The molecule has 1 saturated heterocycles. The van der Waals surface area contributed by atoms with Crippen LogP contribution in [0.1, 0.15) is 31.1 Å². The molecule has 3 unspecified atom stereocenters. The van der Waals surface area contributed by atoms with E-state index in [0.717, 1.165) is 13.2 Å². The van der Waals surface area contributed by atoms with Crippen LogP contribution in [-0.2, 0) is 11.4 Å². The Hall–Kier alpha value is -1.44. The maximum Gasteiger partial charge on any atom is 0.128 e. The summed E-state index contributed by atoms with van der Waals surface area (Å²) in [5.41, 5.74) is 6.72. The highest BCUT2D eigenvalue weighted by Crippen LogP contribution is 2.16. The normalized spacial score (nSPS) is 28.8. The van der Waals surface area contributed by atoms with Crippen LogP contribution in [0.25, 0.3) is 0 Å². The van der Waals surface area contributed by atoms with Crippen molar-refractivity contribution in [1.82, 2.24) is 26.3 Å². The summed E-state index contributed by atoms with van der Waals surface area (Å²) in [6.07, 6.45) is 2.54. The third-order valence-electron chi connectivity index (χ3n) is 4.16. The second kappa shape index (κ2) is 6.76. The molecule has 0 saturated carbocycles. The van der Waals surface area contributed by atoms with Gasteiger partial charge in [0.1, 0.15) is 12.4 Å². The van der Waals surface area contributed by atoms with E-state index in [1.54, 1.807) is 0 Å². The van der Waals surface area contributed by atoms with Crippen LogP contribution in [0.5, 0.6) is 0 Å². The third-order valence-corrected chi connectivity index (χ3v) is 4.16. The van der Waals surface area contributed by atoms with Gasteiger partial charge < -0.3 is 4.90 Å². The molecule has 1 fully saturated rings. The number of hydrogen-bond acceptors (Lipinski definition) is 6. The fourth-order valence-corrected chi connectivity index (χ4v) is 2.61. The van der Waals surface area contributed by atoms with Crippen molar-refractivity contribution in [2.45, 2.75) is 39.0 Å². The van der Waals surface area contributed by atoms with Crippen LogP contribution in [0.4, 0.5) is 0 Å². The Morgan fingerprint density at radius 1 is 1.32 bits per heavy atom.